The van der Waals surface area contributed by atoms with Crippen LogP contribution in [0.5, 0.6) is 0 Å². The third kappa shape index (κ3) is 2.67. The van der Waals surface area contributed by atoms with Crippen LogP contribution in [-0.4, -0.2) is 33.8 Å². The number of hydrogen-bond acceptors (Lipinski definition) is 4. The van der Waals surface area contributed by atoms with Crippen LogP contribution in [0.2, 0.25) is 0 Å². The van der Waals surface area contributed by atoms with Gasteiger partial charge in [-0.25, -0.2) is 0 Å². The number of aryl methyl sites for hydroxylation is 1. The monoisotopic (exact) mass is 285 g/mol. The van der Waals surface area contributed by atoms with E-state index in [-0.39, 0.29) is 11.3 Å². The molecule has 0 aromatic carbocycles. The Balaban J connectivity index is 1.81. The number of carbonyl (C=O) groups is 1. The maximum atomic E-state index is 12.4. The highest BCUT2D eigenvalue weighted by Crippen LogP contribution is 2.27. The number of rotatable bonds is 3. The summed E-state index contributed by atoms with van der Waals surface area (Å²) in [7, 11) is 1.83. The van der Waals surface area contributed by atoms with E-state index in [0.717, 1.165) is 24.2 Å². The molecule has 110 valence electrons. The van der Waals surface area contributed by atoms with Gasteiger partial charge in [-0.3, -0.25) is 14.5 Å². The number of nitrogens with zero attached hydrogens (tertiary/aromatic N) is 3. The number of pyridine rings is 1. The topological polar surface area (TPSA) is 71.8 Å². The molecule has 2 aromatic heterocycles. The summed E-state index contributed by atoms with van der Waals surface area (Å²) >= 11 is 0. The first-order chi connectivity index (χ1) is 10.1. The second-order valence-corrected chi connectivity index (χ2v) is 5.72. The number of carbonyl (C=O) groups excluding carboxylic acids is 1. The molecule has 1 unspecified atom stereocenters. The Morgan fingerprint density at radius 2 is 2.19 bits per heavy atom. The Hall–Kier alpha value is -2.21. The molecule has 1 aliphatic rings. The molecule has 0 aliphatic carbocycles. The largest absolute Gasteiger partial charge is 0.316 e. The predicted molar refractivity (Wildman–Crippen MR) is 80.7 cm³/mol. The SMILES string of the molecule is Cn1nc(-c2ccncc2)cc1NC(=O)C1(C)CCNC1. The molecular formula is C15H19N5O. The van der Waals surface area contributed by atoms with Crippen LogP contribution in [0, 0.1) is 5.41 Å². The van der Waals surface area contributed by atoms with Gasteiger partial charge >= 0.3 is 0 Å². The Bertz CT molecular complexity index is 643. The minimum atomic E-state index is -0.346. The molecule has 2 aromatic rings. The highest BCUT2D eigenvalue weighted by atomic mass is 16.2. The smallest absolute Gasteiger partial charge is 0.232 e. The maximum Gasteiger partial charge on any atom is 0.232 e. The van der Waals surface area contributed by atoms with Crippen LogP contribution in [0.3, 0.4) is 0 Å². The second-order valence-electron chi connectivity index (χ2n) is 5.72. The van der Waals surface area contributed by atoms with Crippen molar-refractivity contribution in [3.63, 3.8) is 0 Å². The van der Waals surface area contributed by atoms with E-state index in [0.29, 0.717) is 12.4 Å². The molecule has 1 aliphatic heterocycles. The fraction of sp³-hybridized carbons (Fsp3) is 0.400. The van der Waals surface area contributed by atoms with Gasteiger partial charge in [0.05, 0.1) is 11.1 Å². The summed E-state index contributed by atoms with van der Waals surface area (Å²) in [6, 6.07) is 5.69. The molecule has 1 fully saturated rings. The van der Waals surface area contributed by atoms with Crippen molar-refractivity contribution in [1.82, 2.24) is 20.1 Å². The van der Waals surface area contributed by atoms with Crippen molar-refractivity contribution < 1.29 is 4.79 Å². The lowest BCUT2D eigenvalue weighted by Gasteiger charge is -2.21. The van der Waals surface area contributed by atoms with Gasteiger partial charge < -0.3 is 10.6 Å². The van der Waals surface area contributed by atoms with E-state index in [1.54, 1.807) is 17.1 Å². The maximum absolute atomic E-state index is 12.4. The van der Waals surface area contributed by atoms with E-state index in [1.807, 2.05) is 32.2 Å². The molecule has 0 spiro atoms. The third-order valence-electron chi connectivity index (χ3n) is 4.01. The van der Waals surface area contributed by atoms with Crippen LogP contribution in [0.15, 0.2) is 30.6 Å². The number of nitrogens with one attached hydrogen (secondary N) is 2. The van der Waals surface area contributed by atoms with Gasteiger partial charge in [0, 0.05) is 37.6 Å². The number of hydrogen-bond donors (Lipinski definition) is 2. The summed E-state index contributed by atoms with van der Waals surface area (Å²) in [6.45, 7) is 3.59. The average molecular weight is 285 g/mol. The zero-order valence-corrected chi connectivity index (χ0v) is 12.3. The predicted octanol–water partition coefficient (Wildman–Crippen LogP) is 1.42. The lowest BCUT2D eigenvalue weighted by atomic mass is 9.89. The standard InChI is InChI=1S/C15H19N5O/c1-15(5-8-17-10-15)14(21)18-13-9-12(19-20(13)2)11-3-6-16-7-4-11/h3-4,6-7,9,17H,5,8,10H2,1-2H3,(H,18,21). The van der Waals surface area contributed by atoms with Crippen molar-refractivity contribution in [3.05, 3.63) is 30.6 Å². The molecule has 2 N–H and O–H groups in total. The van der Waals surface area contributed by atoms with Gasteiger partial charge in [-0.2, -0.15) is 5.10 Å². The van der Waals surface area contributed by atoms with E-state index >= 15 is 0 Å². The lowest BCUT2D eigenvalue weighted by molar-refractivity contribution is -0.123. The van der Waals surface area contributed by atoms with E-state index in [2.05, 4.69) is 20.7 Å². The van der Waals surface area contributed by atoms with Gasteiger partial charge in [-0.1, -0.05) is 0 Å². The molecule has 1 saturated heterocycles. The highest BCUT2D eigenvalue weighted by Gasteiger charge is 2.36. The molecule has 0 bridgehead atoms. The molecule has 6 heteroatoms. The van der Waals surface area contributed by atoms with Crippen LogP contribution in [0.25, 0.3) is 11.3 Å². The van der Waals surface area contributed by atoms with Crippen LogP contribution in [-0.2, 0) is 11.8 Å². The minimum absolute atomic E-state index is 0.0387. The summed E-state index contributed by atoms with van der Waals surface area (Å²) in [6.07, 6.45) is 4.31. The number of anilines is 1. The zero-order valence-electron chi connectivity index (χ0n) is 12.3. The van der Waals surface area contributed by atoms with E-state index in [1.165, 1.54) is 0 Å². The number of amides is 1. The fourth-order valence-electron chi connectivity index (χ4n) is 2.53. The Kier molecular flexibility index (Phi) is 3.47. The molecule has 1 atom stereocenters. The normalized spacial score (nSPS) is 21.4. The van der Waals surface area contributed by atoms with Crippen LogP contribution in [0.4, 0.5) is 5.82 Å². The molecule has 0 saturated carbocycles. The Morgan fingerprint density at radius 1 is 1.43 bits per heavy atom. The van der Waals surface area contributed by atoms with Gasteiger partial charge in [0.2, 0.25) is 5.91 Å². The van der Waals surface area contributed by atoms with Crippen molar-refractivity contribution in [1.29, 1.82) is 0 Å². The van der Waals surface area contributed by atoms with Gasteiger partial charge in [0.15, 0.2) is 0 Å². The Labute approximate surface area is 123 Å². The first-order valence-electron chi connectivity index (χ1n) is 7.05. The van der Waals surface area contributed by atoms with Crippen molar-refractivity contribution in [2.75, 3.05) is 18.4 Å². The first-order valence-corrected chi connectivity index (χ1v) is 7.05. The lowest BCUT2D eigenvalue weighted by Crippen LogP contribution is -2.35. The third-order valence-corrected chi connectivity index (χ3v) is 4.01. The summed E-state index contributed by atoms with van der Waals surface area (Å²) in [5.74, 6) is 0.747. The molecule has 1 amide bonds. The summed E-state index contributed by atoms with van der Waals surface area (Å²) in [4.78, 5) is 16.4. The summed E-state index contributed by atoms with van der Waals surface area (Å²) in [5.41, 5.74) is 1.46. The zero-order chi connectivity index (χ0) is 14.9. The van der Waals surface area contributed by atoms with E-state index in [4.69, 9.17) is 0 Å². The summed E-state index contributed by atoms with van der Waals surface area (Å²) in [5, 5.41) is 10.7. The molecular weight excluding hydrogens is 266 g/mol. The van der Waals surface area contributed by atoms with Crippen molar-refractivity contribution >= 4 is 11.7 Å². The summed E-state index contributed by atoms with van der Waals surface area (Å²) < 4.78 is 1.69. The first kappa shape index (κ1) is 13.8. The van der Waals surface area contributed by atoms with Crippen LogP contribution < -0.4 is 10.6 Å². The van der Waals surface area contributed by atoms with E-state index in [9.17, 15) is 4.79 Å². The van der Waals surface area contributed by atoms with Gasteiger partial charge in [-0.05, 0) is 32.0 Å². The molecule has 6 nitrogen and oxygen atoms in total. The molecule has 3 heterocycles. The second kappa shape index (κ2) is 5.29. The van der Waals surface area contributed by atoms with Crippen LogP contribution >= 0.6 is 0 Å². The molecule has 0 radical (unpaired) electrons. The van der Waals surface area contributed by atoms with Gasteiger partial charge in [-0.15, -0.1) is 0 Å². The van der Waals surface area contributed by atoms with Crippen molar-refractivity contribution in [2.24, 2.45) is 12.5 Å². The average Bonchev–Trinajstić information content (AvgIpc) is 3.08. The van der Waals surface area contributed by atoms with Gasteiger partial charge in [0.1, 0.15) is 5.82 Å². The van der Waals surface area contributed by atoms with Crippen molar-refractivity contribution in [2.45, 2.75) is 13.3 Å². The molecule has 3 rings (SSSR count). The quantitative estimate of drug-likeness (QED) is 0.894. The van der Waals surface area contributed by atoms with E-state index < -0.39 is 0 Å². The Morgan fingerprint density at radius 3 is 2.86 bits per heavy atom. The van der Waals surface area contributed by atoms with Crippen LogP contribution in [0.1, 0.15) is 13.3 Å². The fourth-order valence-corrected chi connectivity index (χ4v) is 2.53. The highest BCUT2D eigenvalue weighted by molar-refractivity contribution is 5.95. The van der Waals surface area contributed by atoms with Gasteiger partial charge in [0.25, 0.3) is 0 Å². The minimum Gasteiger partial charge on any atom is -0.316 e. The molecule has 21 heavy (non-hydrogen) atoms. The number of aromatic nitrogens is 3. The van der Waals surface area contributed by atoms with Crippen molar-refractivity contribution in [3.8, 4) is 11.3 Å².